The van der Waals surface area contributed by atoms with Crippen LogP contribution in [0.1, 0.15) is 6.42 Å². The first-order chi connectivity index (χ1) is 12.0. The van der Waals surface area contributed by atoms with Gasteiger partial charge in [-0.05, 0) is 30.3 Å². The first-order valence-electron chi connectivity index (χ1n) is 7.58. The number of hydrogen-bond acceptors (Lipinski definition) is 5. The number of amides is 2. The minimum Gasteiger partial charge on any atom is -0.504 e. The fourth-order valence-electron chi connectivity index (χ4n) is 2.70. The van der Waals surface area contributed by atoms with Gasteiger partial charge >= 0.3 is 0 Å². The molecule has 25 heavy (non-hydrogen) atoms. The number of nitrogens with one attached hydrogen (secondary N) is 1. The van der Waals surface area contributed by atoms with Gasteiger partial charge in [-0.1, -0.05) is 11.6 Å². The number of rotatable bonds is 4. The van der Waals surface area contributed by atoms with Crippen molar-refractivity contribution < 1.29 is 19.4 Å². The van der Waals surface area contributed by atoms with Crippen molar-refractivity contribution in [1.29, 1.82) is 0 Å². The van der Waals surface area contributed by atoms with Crippen LogP contribution in [0.15, 0.2) is 36.5 Å². The number of halogens is 1. The summed E-state index contributed by atoms with van der Waals surface area (Å²) in [6.45, 7) is 0.189. The second-order valence-electron chi connectivity index (χ2n) is 5.58. The van der Waals surface area contributed by atoms with Gasteiger partial charge in [0, 0.05) is 24.2 Å². The van der Waals surface area contributed by atoms with E-state index in [2.05, 4.69) is 10.3 Å². The Morgan fingerprint density at radius 1 is 1.44 bits per heavy atom. The monoisotopic (exact) mass is 361 g/mol. The Labute approximate surface area is 149 Å². The molecule has 0 aliphatic carbocycles. The number of aromatic hydroxyl groups is 1. The van der Waals surface area contributed by atoms with Crippen LogP contribution in [0.25, 0.3) is 0 Å². The van der Waals surface area contributed by atoms with Crippen LogP contribution in [0.3, 0.4) is 0 Å². The van der Waals surface area contributed by atoms with Gasteiger partial charge in [-0.25, -0.2) is 4.98 Å². The molecule has 1 fully saturated rings. The summed E-state index contributed by atoms with van der Waals surface area (Å²) in [4.78, 5) is 30.2. The van der Waals surface area contributed by atoms with E-state index in [0.29, 0.717) is 16.5 Å². The molecule has 130 valence electrons. The third kappa shape index (κ3) is 3.51. The van der Waals surface area contributed by atoms with Gasteiger partial charge in [0.05, 0.1) is 18.7 Å². The van der Waals surface area contributed by atoms with E-state index >= 15 is 0 Å². The van der Waals surface area contributed by atoms with Crippen LogP contribution < -0.4 is 15.0 Å². The van der Waals surface area contributed by atoms with Gasteiger partial charge in [0.25, 0.3) is 0 Å². The highest BCUT2D eigenvalue weighted by Gasteiger charge is 2.36. The molecule has 8 heteroatoms. The maximum absolute atomic E-state index is 12.4. The van der Waals surface area contributed by atoms with Crippen molar-refractivity contribution in [3.63, 3.8) is 0 Å². The molecule has 7 nitrogen and oxygen atoms in total. The normalized spacial score (nSPS) is 16.8. The number of anilines is 2. The van der Waals surface area contributed by atoms with Crippen LogP contribution in [0.2, 0.25) is 5.02 Å². The van der Waals surface area contributed by atoms with E-state index in [1.165, 1.54) is 24.3 Å². The first-order valence-corrected chi connectivity index (χ1v) is 7.96. The van der Waals surface area contributed by atoms with E-state index < -0.39 is 5.92 Å². The summed E-state index contributed by atoms with van der Waals surface area (Å²) in [6, 6.07) is 7.94. The van der Waals surface area contributed by atoms with E-state index in [1.807, 2.05) is 0 Å². The highest BCUT2D eigenvalue weighted by molar-refractivity contribution is 6.31. The Kier molecular flexibility index (Phi) is 4.76. The average molecular weight is 362 g/mol. The zero-order chi connectivity index (χ0) is 18.0. The van der Waals surface area contributed by atoms with Crippen LogP contribution in [0.4, 0.5) is 11.5 Å². The lowest BCUT2D eigenvalue weighted by molar-refractivity contribution is -0.122. The standard InChI is InChI=1S/C17H16ClN3O4/c1-25-14-5-4-11(18)8-12(14)21-9-10(7-15(21)23)17(24)20-16-13(22)3-2-6-19-16/h2-6,8,10,22H,7,9H2,1H3,(H,19,20,24). The Morgan fingerprint density at radius 3 is 2.96 bits per heavy atom. The molecule has 0 spiro atoms. The molecule has 1 aliphatic heterocycles. The maximum Gasteiger partial charge on any atom is 0.231 e. The Balaban J connectivity index is 1.78. The van der Waals surface area contributed by atoms with Crippen LogP contribution >= 0.6 is 11.6 Å². The second-order valence-corrected chi connectivity index (χ2v) is 6.02. The fourth-order valence-corrected chi connectivity index (χ4v) is 2.87. The number of methoxy groups -OCH3 is 1. The molecule has 0 saturated carbocycles. The third-order valence-corrected chi connectivity index (χ3v) is 4.19. The van der Waals surface area contributed by atoms with Crippen LogP contribution in [0.5, 0.6) is 11.5 Å². The summed E-state index contributed by atoms with van der Waals surface area (Å²) >= 11 is 6.01. The molecule has 1 aromatic carbocycles. The number of benzene rings is 1. The number of carbonyl (C=O) groups is 2. The molecule has 1 aromatic heterocycles. The molecular formula is C17H16ClN3O4. The molecule has 1 atom stereocenters. The summed E-state index contributed by atoms with van der Waals surface area (Å²) in [5.74, 6) is -0.720. The van der Waals surface area contributed by atoms with Crippen molar-refractivity contribution in [3.8, 4) is 11.5 Å². The Hall–Kier alpha value is -2.80. The molecular weight excluding hydrogens is 346 g/mol. The molecule has 2 aromatic rings. The Morgan fingerprint density at radius 2 is 2.24 bits per heavy atom. The highest BCUT2D eigenvalue weighted by Crippen LogP contribution is 2.35. The Bertz CT molecular complexity index is 827. The summed E-state index contributed by atoms with van der Waals surface area (Å²) in [5, 5.41) is 12.7. The van der Waals surface area contributed by atoms with Gasteiger partial charge in [-0.3, -0.25) is 9.59 Å². The zero-order valence-electron chi connectivity index (χ0n) is 13.4. The number of nitrogens with zero attached hydrogens (tertiary/aromatic N) is 2. The van der Waals surface area contributed by atoms with Gasteiger partial charge < -0.3 is 20.1 Å². The summed E-state index contributed by atoms with van der Waals surface area (Å²) in [7, 11) is 1.50. The van der Waals surface area contributed by atoms with E-state index in [-0.39, 0.29) is 36.3 Å². The van der Waals surface area contributed by atoms with Crippen LogP contribution in [-0.4, -0.2) is 35.6 Å². The lowest BCUT2D eigenvalue weighted by Crippen LogP contribution is -2.28. The van der Waals surface area contributed by atoms with E-state index in [9.17, 15) is 14.7 Å². The van der Waals surface area contributed by atoms with Gasteiger partial charge in [0.15, 0.2) is 11.6 Å². The molecule has 2 heterocycles. The fraction of sp³-hybridized carbons (Fsp3) is 0.235. The highest BCUT2D eigenvalue weighted by atomic mass is 35.5. The zero-order valence-corrected chi connectivity index (χ0v) is 14.2. The van der Waals surface area contributed by atoms with Gasteiger partial charge in [-0.15, -0.1) is 0 Å². The van der Waals surface area contributed by atoms with Crippen molar-refractivity contribution in [2.24, 2.45) is 5.92 Å². The molecule has 3 rings (SSSR count). The van der Waals surface area contributed by atoms with Crippen molar-refractivity contribution in [2.75, 3.05) is 23.9 Å². The van der Waals surface area contributed by atoms with Crippen LogP contribution in [-0.2, 0) is 9.59 Å². The topological polar surface area (TPSA) is 91.8 Å². The predicted octanol–water partition coefficient (Wildman–Crippen LogP) is 2.44. The summed E-state index contributed by atoms with van der Waals surface area (Å²) < 4.78 is 5.27. The molecule has 0 bridgehead atoms. The SMILES string of the molecule is COc1ccc(Cl)cc1N1CC(C(=O)Nc2ncccc2O)CC1=O. The number of pyridine rings is 1. The summed E-state index contributed by atoms with van der Waals surface area (Å²) in [5.41, 5.74) is 0.524. The first kappa shape index (κ1) is 17.0. The lowest BCUT2D eigenvalue weighted by Gasteiger charge is -2.19. The minimum absolute atomic E-state index is 0.0507. The largest absolute Gasteiger partial charge is 0.504 e. The molecule has 2 N–H and O–H groups in total. The smallest absolute Gasteiger partial charge is 0.231 e. The van der Waals surface area contributed by atoms with Crippen molar-refractivity contribution >= 4 is 34.9 Å². The van der Waals surface area contributed by atoms with Crippen molar-refractivity contribution in [1.82, 2.24) is 4.98 Å². The number of carbonyl (C=O) groups excluding carboxylic acids is 2. The van der Waals surface area contributed by atoms with Gasteiger partial charge in [-0.2, -0.15) is 0 Å². The molecule has 0 radical (unpaired) electrons. The minimum atomic E-state index is -0.572. The average Bonchev–Trinajstić information content (AvgIpc) is 2.98. The number of aromatic nitrogens is 1. The van der Waals surface area contributed by atoms with E-state index in [0.717, 1.165) is 0 Å². The van der Waals surface area contributed by atoms with E-state index in [4.69, 9.17) is 16.3 Å². The third-order valence-electron chi connectivity index (χ3n) is 3.96. The van der Waals surface area contributed by atoms with Gasteiger partial charge in [0.1, 0.15) is 5.75 Å². The molecule has 1 saturated heterocycles. The maximum atomic E-state index is 12.4. The second kappa shape index (κ2) is 6.98. The van der Waals surface area contributed by atoms with Gasteiger partial charge in [0.2, 0.25) is 11.8 Å². The summed E-state index contributed by atoms with van der Waals surface area (Å²) in [6.07, 6.45) is 1.51. The molecule has 2 amide bonds. The predicted molar refractivity (Wildman–Crippen MR) is 93.0 cm³/mol. The molecule has 1 aliphatic rings. The lowest BCUT2D eigenvalue weighted by atomic mass is 10.1. The number of ether oxygens (including phenoxy) is 1. The number of hydrogen-bond donors (Lipinski definition) is 2. The quantitative estimate of drug-likeness (QED) is 0.872. The van der Waals surface area contributed by atoms with E-state index in [1.54, 1.807) is 24.3 Å². The van der Waals surface area contributed by atoms with Crippen molar-refractivity contribution in [2.45, 2.75) is 6.42 Å². The van der Waals surface area contributed by atoms with Crippen molar-refractivity contribution in [3.05, 3.63) is 41.6 Å². The molecule has 1 unspecified atom stereocenters. The van der Waals surface area contributed by atoms with Crippen LogP contribution in [0, 0.1) is 5.92 Å².